The summed E-state index contributed by atoms with van der Waals surface area (Å²) in [6, 6.07) is -0.702. The second-order valence-electron chi connectivity index (χ2n) is 9.59. The fourth-order valence-electron chi connectivity index (χ4n) is 7.83. The van der Waals surface area contributed by atoms with Crippen LogP contribution in [0.15, 0.2) is 43.5 Å². The predicted molar refractivity (Wildman–Crippen MR) is 101 cm³/mol. The lowest BCUT2D eigenvalue weighted by Gasteiger charge is -2.62. The van der Waals surface area contributed by atoms with Gasteiger partial charge in [-0.15, -0.1) is 0 Å². The van der Waals surface area contributed by atoms with Crippen molar-refractivity contribution in [1.82, 2.24) is 27.9 Å². The van der Waals surface area contributed by atoms with Crippen LogP contribution in [0.4, 0.5) is 0 Å². The summed E-state index contributed by atoms with van der Waals surface area (Å²) in [4.78, 5) is 52.1. The third kappa shape index (κ3) is 1.05. The van der Waals surface area contributed by atoms with Crippen LogP contribution in [0, 0.1) is 10.8 Å². The molecule has 1 saturated carbocycles. The third-order valence-corrected chi connectivity index (χ3v) is 8.96. The van der Waals surface area contributed by atoms with Crippen molar-refractivity contribution < 1.29 is 0 Å². The lowest BCUT2D eigenvalue weighted by atomic mass is 9.54. The first-order chi connectivity index (χ1) is 13.6. The molecule has 0 amide bonds. The van der Waals surface area contributed by atoms with E-state index in [1.165, 1.54) is 14.1 Å². The molecule has 10 heteroatoms. The van der Waals surface area contributed by atoms with Crippen LogP contribution in [0.25, 0.3) is 0 Å². The van der Waals surface area contributed by atoms with E-state index in [-0.39, 0.29) is 34.8 Å². The van der Waals surface area contributed by atoms with Crippen LogP contribution in [0.3, 0.4) is 0 Å². The van der Waals surface area contributed by atoms with Crippen LogP contribution in [0.2, 0.25) is 0 Å². The fourth-order valence-corrected chi connectivity index (χ4v) is 7.83. The molecule has 0 aromatic carbocycles. The van der Waals surface area contributed by atoms with Gasteiger partial charge in [-0.3, -0.25) is 0 Å². The maximum atomic E-state index is 13.1. The van der Waals surface area contributed by atoms with Crippen LogP contribution in [-0.2, 0) is 25.2 Å². The molecule has 2 aromatic heterocycles. The predicted octanol–water partition coefficient (Wildman–Crippen LogP) is -1.23. The van der Waals surface area contributed by atoms with Crippen molar-refractivity contribution in [3.63, 3.8) is 0 Å². The number of allylic oxidation sites excluding steroid dienone is 4. The van der Waals surface area contributed by atoms with E-state index in [9.17, 15) is 19.2 Å². The van der Waals surface area contributed by atoms with Crippen molar-refractivity contribution in [2.75, 3.05) is 0 Å². The summed E-state index contributed by atoms with van der Waals surface area (Å²) in [5.74, 6) is 0. The highest BCUT2D eigenvalue weighted by Gasteiger charge is 2.92. The molecule has 0 spiro atoms. The minimum atomic E-state index is -0.798. The van der Waals surface area contributed by atoms with Crippen molar-refractivity contribution in [2.45, 2.75) is 43.4 Å². The standard InChI is InChI=1S/C19H20N6O4/c1-16-7-5-10(22-12(26)20(3)14(28)24(16)22)18-9-19(16,18)17(2)8-6-11(18)23-13(27)21(4)15(29)25(17)23/h5-8,10-11H,9H2,1-4H3/t10-,11+,16+,17-,18?,19?. The average Bonchev–Trinajstić information content (AvgIpc) is 3.36. The second-order valence-corrected chi connectivity index (χ2v) is 9.59. The van der Waals surface area contributed by atoms with Crippen molar-refractivity contribution in [3.8, 4) is 0 Å². The van der Waals surface area contributed by atoms with E-state index in [2.05, 4.69) is 0 Å². The molecule has 7 aliphatic rings. The first kappa shape index (κ1) is 15.8. The molecule has 2 aromatic rings. The summed E-state index contributed by atoms with van der Waals surface area (Å²) in [7, 11) is 2.99. The van der Waals surface area contributed by atoms with Crippen molar-refractivity contribution >= 4 is 0 Å². The molecule has 29 heavy (non-hydrogen) atoms. The maximum absolute atomic E-state index is 13.1. The van der Waals surface area contributed by atoms with Crippen molar-refractivity contribution in [3.05, 3.63) is 66.2 Å². The van der Waals surface area contributed by atoms with Crippen LogP contribution < -0.4 is 22.8 Å². The zero-order valence-electron chi connectivity index (χ0n) is 16.5. The summed E-state index contributed by atoms with van der Waals surface area (Å²) in [6.45, 7) is 3.96. The van der Waals surface area contributed by atoms with Gasteiger partial charge in [0.25, 0.3) is 0 Å². The molecule has 150 valence electrons. The van der Waals surface area contributed by atoms with Crippen LogP contribution in [0.1, 0.15) is 32.4 Å². The van der Waals surface area contributed by atoms with E-state index >= 15 is 0 Å². The molecule has 9 rings (SSSR count). The molecule has 2 unspecified atom stereocenters. The van der Waals surface area contributed by atoms with Gasteiger partial charge in [-0.1, -0.05) is 24.3 Å². The highest BCUT2D eigenvalue weighted by atomic mass is 16.2. The van der Waals surface area contributed by atoms with Gasteiger partial charge >= 0.3 is 22.8 Å². The van der Waals surface area contributed by atoms with Crippen LogP contribution >= 0.6 is 0 Å². The molecule has 6 atom stereocenters. The van der Waals surface area contributed by atoms with Gasteiger partial charge in [-0.05, 0) is 20.3 Å². The molecule has 3 aliphatic carbocycles. The first-order valence-corrected chi connectivity index (χ1v) is 9.81. The molecule has 6 heterocycles. The van der Waals surface area contributed by atoms with E-state index < -0.39 is 21.9 Å². The Morgan fingerprint density at radius 3 is 1.59 bits per heavy atom. The van der Waals surface area contributed by atoms with Gasteiger partial charge in [0.1, 0.15) is 0 Å². The quantitative estimate of drug-likeness (QED) is 0.521. The van der Waals surface area contributed by atoms with E-state index in [4.69, 9.17) is 0 Å². The third-order valence-electron chi connectivity index (χ3n) is 8.96. The lowest BCUT2D eigenvalue weighted by Crippen LogP contribution is -2.71. The van der Waals surface area contributed by atoms with E-state index in [1.807, 2.05) is 38.2 Å². The largest absolute Gasteiger partial charge is 0.347 e. The summed E-state index contributed by atoms with van der Waals surface area (Å²) in [6.07, 6.45) is 8.80. The van der Waals surface area contributed by atoms with Crippen LogP contribution in [0.5, 0.6) is 0 Å². The topological polar surface area (TPSA) is 97.9 Å². The Morgan fingerprint density at radius 2 is 1.17 bits per heavy atom. The van der Waals surface area contributed by atoms with E-state index in [0.29, 0.717) is 0 Å². The Balaban J connectivity index is 1.69. The fraction of sp³-hybridized carbons (Fsp3) is 0.579. The van der Waals surface area contributed by atoms with Gasteiger partial charge in [-0.2, -0.15) is 0 Å². The SMILES string of the molecule is Cn1c(=O)n2n(c1=O)[C@]1(C)C=C[C@H]2C23CC21[C@]1(C)C=C[C@H]3n2c(=O)n(C)c(=O)n21. The number of hydrogen-bond donors (Lipinski definition) is 0. The minimum absolute atomic E-state index is 0.348. The summed E-state index contributed by atoms with van der Waals surface area (Å²) >= 11 is 0. The van der Waals surface area contributed by atoms with E-state index in [1.54, 1.807) is 18.7 Å². The molecule has 10 nitrogen and oxygen atoms in total. The second kappa shape index (κ2) is 3.73. The van der Waals surface area contributed by atoms with E-state index in [0.717, 1.165) is 15.6 Å². The first-order valence-electron chi connectivity index (χ1n) is 9.81. The van der Waals surface area contributed by atoms with Gasteiger partial charge in [0, 0.05) is 24.9 Å². The van der Waals surface area contributed by atoms with Gasteiger partial charge in [0.05, 0.1) is 23.2 Å². The average molecular weight is 396 g/mol. The Morgan fingerprint density at radius 1 is 0.759 bits per heavy atom. The van der Waals surface area contributed by atoms with Gasteiger partial charge < -0.3 is 0 Å². The molecular weight excluding hydrogens is 376 g/mol. The normalized spacial score (nSPS) is 43.9. The molecule has 0 N–H and O–H groups in total. The zero-order valence-corrected chi connectivity index (χ0v) is 16.5. The molecular formula is C19H20N6O4. The van der Waals surface area contributed by atoms with Crippen molar-refractivity contribution in [2.24, 2.45) is 24.9 Å². The minimum Gasteiger partial charge on any atom is -0.246 e. The number of nitrogens with zero attached hydrogens (tertiary/aromatic N) is 6. The maximum Gasteiger partial charge on any atom is 0.347 e. The molecule has 0 saturated heterocycles. The zero-order chi connectivity index (χ0) is 20.5. The Hall–Kier alpha value is -3.04. The Bertz CT molecular complexity index is 1400. The van der Waals surface area contributed by atoms with Gasteiger partial charge in [0.15, 0.2) is 0 Å². The highest BCUT2D eigenvalue weighted by Crippen LogP contribution is 2.89. The van der Waals surface area contributed by atoms with Gasteiger partial charge in [-0.25, -0.2) is 47.0 Å². The highest BCUT2D eigenvalue weighted by molar-refractivity contribution is 5.50. The van der Waals surface area contributed by atoms with Crippen molar-refractivity contribution in [1.29, 1.82) is 0 Å². The lowest BCUT2D eigenvalue weighted by molar-refractivity contribution is -0.0919. The molecule has 0 radical (unpaired) electrons. The Labute approximate surface area is 163 Å². The monoisotopic (exact) mass is 396 g/mol. The number of hydrogen-bond acceptors (Lipinski definition) is 4. The van der Waals surface area contributed by atoms with Gasteiger partial charge in [0.2, 0.25) is 0 Å². The summed E-state index contributed by atoms with van der Waals surface area (Å²) < 4.78 is 8.60. The smallest absolute Gasteiger partial charge is 0.246 e. The summed E-state index contributed by atoms with van der Waals surface area (Å²) in [5.41, 5.74) is -3.92. The van der Waals surface area contributed by atoms with Crippen LogP contribution in [-0.4, -0.2) is 27.9 Å². The number of rotatable bonds is 0. The number of aromatic nitrogens is 6. The molecule has 4 bridgehead atoms. The molecule has 4 aliphatic heterocycles. The summed E-state index contributed by atoms with van der Waals surface area (Å²) in [5, 5.41) is 0. The molecule has 1 fully saturated rings. The Kier molecular flexibility index (Phi) is 2.04.